The number of carbonyl (C=O) groups excluding carboxylic acids is 2. The molecular formula is C16H20N2O3. The average Bonchev–Trinajstić information content (AvgIpc) is 2.74. The van der Waals surface area contributed by atoms with Crippen molar-refractivity contribution in [3.8, 4) is 5.75 Å². The first kappa shape index (κ1) is 13.9. The van der Waals surface area contributed by atoms with Crippen molar-refractivity contribution in [2.24, 2.45) is 0 Å². The molecular weight excluding hydrogens is 268 g/mol. The van der Waals surface area contributed by atoms with Crippen LogP contribution in [-0.2, 0) is 9.59 Å². The van der Waals surface area contributed by atoms with Crippen LogP contribution in [-0.4, -0.2) is 35.9 Å². The molecule has 0 radical (unpaired) electrons. The van der Waals surface area contributed by atoms with Crippen LogP contribution in [0.3, 0.4) is 0 Å². The number of benzene rings is 1. The Morgan fingerprint density at radius 2 is 1.95 bits per heavy atom. The summed E-state index contributed by atoms with van der Waals surface area (Å²) in [5.74, 6) is -0.0312. The van der Waals surface area contributed by atoms with Crippen LogP contribution in [0.2, 0.25) is 0 Å². The molecule has 1 aromatic rings. The van der Waals surface area contributed by atoms with Gasteiger partial charge in [0.05, 0.1) is 5.69 Å². The first-order chi connectivity index (χ1) is 10.1. The summed E-state index contributed by atoms with van der Waals surface area (Å²) in [5, 5.41) is 2.77. The van der Waals surface area contributed by atoms with Crippen molar-refractivity contribution in [3.63, 3.8) is 0 Å². The topological polar surface area (TPSA) is 58.6 Å². The number of hydrogen-bond acceptors (Lipinski definition) is 3. The minimum atomic E-state index is -1.06. The van der Waals surface area contributed by atoms with Crippen molar-refractivity contribution < 1.29 is 14.3 Å². The van der Waals surface area contributed by atoms with E-state index in [2.05, 4.69) is 5.32 Å². The lowest BCUT2D eigenvalue weighted by Crippen LogP contribution is -2.50. The Hall–Kier alpha value is -2.04. The lowest BCUT2D eigenvalue weighted by molar-refractivity contribution is -0.144. The third-order valence-corrected chi connectivity index (χ3v) is 4.02. The molecule has 21 heavy (non-hydrogen) atoms. The number of rotatable bonds is 1. The number of carbonyl (C=O) groups is 2. The number of anilines is 1. The van der Waals surface area contributed by atoms with E-state index in [4.69, 9.17) is 4.74 Å². The molecule has 1 aromatic carbocycles. The summed E-state index contributed by atoms with van der Waals surface area (Å²) in [6.45, 7) is 3.38. The molecule has 2 amide bonds. The Bertz CT molecular complexity index is 563. The molecule has 1 fully saturated rings. The molecule has 0 aromatic heterocycles. The molecule has 5 heteroatoms. The van der Waals surface area contributed by atoms with E-state index in [1.165, 1.54) is 0 Å². The maximum absolute atomic E-state index is 12.5. The van der Waals surface area contributed by atoms with Gasteiger partial charge in [0.2, 0.25) is 0 Å². The predicted octanol–water partition coefficient (Wildman–Crippen LogP) is 2.10. The largest absolute Gasteiger partial charge is 0.468 e. The number of likely N-dealkylation sites (tertiary alicyclic amines) is 1. The molecule has 0 bridgehead atoms. The molecule has 0 aliphatic carbocycles. The highest BCUT2D eigenvalue weighted by Gasteiger charge is 2.36. The van der Waals surface area contributed by atoms with Crippen molar-refractivity contribution in [2.75, 3.05) is 18.4 Å². The minimum absolute atomic E-state index is 0.222. The summed E-state index contributed by atoms with van der Waals surface area (Å²) in [6, 6.07) is 5.55. The highest BCUT2D eigenvalue weighted by molar-refractivity contribution is 6.11. The summed E-state index contributed by atoms with van der Waals surface area (Å²) in [6.07, 6.45) is 3.22. The maximum atomic E-state index is 12.5. The molecule has 1 atom stereocenters. The number of aryl methyl sites for hydroxylation is 1. The average molecular weight is 288 g/mol. The minimum Gasteiger partial charge on any atom is -0.468 e. The lowest BCUT2D eigenvalue weighted by atomic mass is 10.1. The van der Waals surface area contributed by atoms with Gasteiger partial charge in [0, 0.05) is 13.1 Å². The van der Waals surface area contributed by atoms with E-state index in [1.54, 1.807) is 11.0 Å². The summed E-state index contributed by atoms with van der Waals surface area (Å²) < 4.78 is 5.65. The SMILES string of the molecule is Cc1ccc2c(c1)NC(=O)C(C(=O)N1CCCCCC1)O2. The Kier molecular flexibility index (Phi) is 3.82. The van der Waals surface area contributed by atoms with Crippen LogP contribution < -0.4 is 10.1 Å². The second-order valence-electron chi connectivity index (χ2n) is 5.73. The Morgan fingerprint density at radius 1 is 1.24 bits per heavy atom. The van der Waals surface area contributed by atoms with E-state index >= 15 is 0 Å². The van der Waals surface area contributed by atoms with Gasteiger partial charge in [-0.1, -0.05) is 18.9 Å². The lowest BCUT2D eigenvalue weighted by Gasteiger charge is -2.29. The molecule has 1 saturated heterocycles. The first-order valence-corrected chi connectivity index (χ1v) is 7.52. The highest BCUT2D eigenvalue weighted by atomic mass is 16.5. The normalized spacial score (nSPS) is 21.9. The van der Waals surface area contributed by atoms with Crippen molar-refractivity contribution in [2.45, 2.75) is 38.7 Å². The zero-order valence-electron chi connectivity index (χ0n) is 12.2. The van der Waals surface area contributed by atoms with E-state index in [0.717, 1.165) is 31.2 Å². The van der Waals surface area contributed by atoms with Gasteiger partial charge in [-0.2, -0.15) is 0 Å². The first-order valence-electron chi connectivity index (χ1n) is 7.52. The van der Waals surface area contributed by atoms with E-state index < -0.39 is 6.10 Å². The van der Waals surface area contributed by atoms with Crippen molar-refractivity contribution in [3.05, 3.63) is 23.8 Å². The van der Waals surface area contributed by atoms with Gasteiger partial charge in [-0.3, -0.25) is 9.59 Å². The van der Waals surface area contributed by atoms with Gasteiger partial charge < -0.3 is 15.0 Å². The maximum Gasteiger partial charge on any atom is 0.275 e. The van der Waals surface area contributed by atoms with Crippen molar-refractivity contribution in [1.29, 1.82) is 0 Å². The van der Waals surface area contributed by atoms with Crippen LogP contribution in [0.1, 0.15) is 31.2 Å². The zero-order valence-corrected chi connectivity index (χ0v) is 12.2. The van der Waals surface area contributed by atoms with Gasteiger partial charge in [-0.15, -0.1) is 0 Å². The van der Waals surface area contributed by atoms with Crippen LogP contribution >= 0.6 is 0 Å². The van der Waals surface area contributed by atoms with Gasteiger partial charge in [-0.25, -0.2) is 0 Å². The van der Waals surface area contributed by atoms with Crippen LogP contribution in [0.15, 0.2) is 18.2 Å². The second kappa shape index (κ2) is 5.76. The molecule has 3 rings (SSSR count). The van der Waals surface area contributed by atoms with Gasteiger partial charge in [0.1, 0.15) is 5.75 Å². The monoisotopic (exact) mass is 288 g/mol. The van der Waals surface area contributed by atoms with Crippen molar-refractivity contribution >= 4 is 17.5 Å². The molecule has 0 spiro atoms. The number of ether oxygens (including phenoxy) is 1. The van der Waals surface area contributed by atoms with Gasteiger partial charge in [0.25, 0.3) is 17.9 Å². The Morgan fingerprint density at radius 3 is 2.67 bits per heavy atom. The highest BCUT2D eigenvalue weighted by Crippen LogP contribution is 2.31. The number of nitrogens with zero attached hydrogens (tertiary/aromatic N) is 1. The van der Waals surface area contributed by atoms with Crippen LogP contribution in [0.4, 0.5) is 5.69 Å². The van der Waals surface area contributed by atoms with E-state index in [9.17, 15) is 9.59 Å². The number of nitrogens with one attached hydrogen (secondary N) is 1. The molecule has 2 aliphatic heterocycles. The summed E-state index contributed by atoms with van der Waals surface area (Å²) in [4.78, 5) is 26.4. The Balaban J connectivity index is 1.78. The summed E-state index contributed by atoms with van der Waals surface area (Å²) >= 11 is 0. The summed E-state index contributed by atoms with van der Waals surface area (Å²) in [5.41, 5.74) is 1.68. The molecule has 1 unspecified atom stereocenters. The number of amides is 2. The third kappa shape index (κ3) is 2.86. The van der Waals surface area contributed by atoms with Gasteiger partial charge in [0.15, 0.2) is 0 Å². The molecule has 5 nitrogen and oxygen atoms in total. The fourth-order valence-corrected chi connectivity index (χ4v) is 2.84. The Labute approximate surface area is 124 Å². The third-order valence-electron chi connectivity index (χ3n) is 4.02. The molecule has 2 heterocycles. The number of fused-ring (bicyclic) bond motifs is 1. The predicted molar refractivity (Wildman–Crippen MR) is 79.3 cm³/mol. The standard InChI is InChI=1S/C16H20N2O3/c1-11-6-7-13-12(10-11)17-15(19)14(21-13)16(20)18-8-4-2-3-5-9-18/h6-7,10,14H,2-5,8-9H2,1H3,(H,17,19). The second-order valence-corrected chi connectivity index (χ2v) is 5.73. The van der Waals surface area contributed by atoms with Gasteiger partial charge in [-0.05, 0) is 37.5 Å². The van der Waals surface area contributed by atoms with Gasteiger partial charge >= 0.3 is 0 Å². The smallest absolute Gasteiger partial charge is 0.275 e. The quantitative estimate of drug-likeness (QED) is 0.805. The summed E-state index contributed by atoms with van der Waals surface area (Å²) in [7, 11) is 0. The zero-order chi connectivity index (χ0) is 14.8. The fourth-order valence-electron chi connectivity index (χ4n) is 2.84. The fraction of sp³-hybridized carbons (Fsp3) is 0.500. The van der Waals surface area contributed by atoms with Crippen molar-refractivity contribution in [1.82, 2.24) is 4.90 Å². The number of hydrogen-bond donors (Lipinski definition) is 1. The van der Waals surface area contributed by atoms with Crippen LogP contribution in [0, 0.1) is 6.92 Å². The van der Waals surface area contributed by atoms with E-state index in [-0.39, 0.29) is 11.8 Å². The molecule has 2 aliphatic rings. The molecule has 1 N–H and O–H groups in total. The van der Waals surface area contributed by atoms with E-state index in [1.807, 2.05) is 19.1 Å². The van der Waals surface area contributed by atoms with E-state index in [0.29, 0.717) is 24.5 Å². The molecule has 112 valence electrons. The molecule has 0 saturated carbocycles. The van der Waals surface area contributed by atoms with Crippen LogP contribution in [0.5, 0.6) is 5.75 Å². The van der Waals surface area contributed by atoms with Crippen LogP contribution in [0.25, 0.3) is 0 Å².